The van der Waals surface area contributed by atoms with Gasteiger partial charge in [-0.2, -0.15) is 0 Å². The van der Waals surface area contributed by atoms with Gasteiger partial charge in [0, 0.05) is 11.8 Å². The zero-order chi connectivity index (χ0) is 13.7. The van der Waals surface area contributed by atoms with Crippen LogP contribution in [-0.2, 0) is 6.42 Å². The normalized spacial score (nSPS) is 18.5. The van der Waals surface area contributed by atoms with Crippen LogP contribution in [0, 0.1) is 12.7 Å². The van der Waals surface area contributed by atoms with Gasteiger partial charge in [0.2, 0.25) is 0 Å². The smallest absolute Gasteiger partial charge is 0.156 e. The van der Waals surface area contributed by atoms with Crippen molar-refractivity contribution < 1.29 is 4.39 Å². The molecule has 1 unspecified atom stereocenters. The molecule has 0 radical (unpaired) electrons. The Morgan fingerprint density at radius 1 is 1.47 bits per heavy atom. The molecule has 0 saturated carbocycles. The van der Waals surface area contributed by atoms with Gasteiger partial charge in [0.1, 0.15) is 5.82 Å². The van der Waals surface area contributed by atoms with E-state index in [1.165, 1.54) is 24.5 Å². The Balaban J connectivity index is 1.75. The van der Waals surface area contributed by atoms with Crippen LogP contribution in [0.4, 0.5) is 4.39 Å². The average molecular weight is 280 g/mol. The molecule has 104 valence electrons. The first kappa shape index (κ1) is 14.4. The largest absolute Gasteiger partial charge is 0.365 e. The van der Waals surface area contributed by atoms with Crippen LogP contribution in [-0.4, -0.2) is 23.5 Å². The number of thioether (sulfide) groups is 1. The van der Waals surface area contributed by atoms with Crippen LogP contribution in [0.1, 0.15) is 30.9 Å². The highest BCUT2D eigenvalue weighted by molar-refractivity contribution is 8.14. The maximum absolute atomic E-state index is 13.0. The van der Waals surface area contributed by atoms with E-state index in [0.717, 1.165) is 30.2 Å². The molecular weight excluding hydrogens is 259 g/mol. The van der Waals surface area contributed by atoms with Crippen LogP contribution in [0.5, 0.6) is 0 Å². The van der Waals surface area contributed by atoms with E-state index in [4.69, 9.17) is 0 Å². The second-order valence-electron chi connectivity index (χ2n) is 4.92. The summed E-state index contributed by atoms with van der Waals surface area (Å²) in [5, 5.41) is 5.10. The van der Waals surface area contributed by atoms with E-state index in [1.807, 2.05) is 24.8 Å². The van der Waals surface area contributed by atoms with Crippen molar-refractivity contribution in [1.29, 1.82) is 0 Å². The van der Waals surface area contributed by atoms with E-state index in [0.29, 0.717) is 5.25 Å². The molecule has 0 amide bonds. The van der Waals surface area contributed by atoms with Crippen molar-refractivity contribution in [3.8, 4) is 0 Å². The summed E-state index contributed by atoms with van der Waals surface area (Å²) in [4.78, 5) is 4.51. The number of benzene rings is 1. The van der Waals surface area contributed by atoms with Crippen molar-refractivity contribution in [3.05, 3.63) is 35.1 Å². The molecule has 2 rings (SSSR count). The average Bonchev–Trinajstić information content (AvgIpc) is 2.80. The second-order valence-corrected chi connectivity index (χ2v) is 6.21. The van der Waals surface area contributed by atoms with Crippen molar-refractivity contribution >= 4 is 16.9 Å². The van der Waals surface area contributed by atoms with Gasteiger partial charge in [-0.25, -0.2) is 4.39 Å². The molecule has 1 aromatic carbocycles. The number of hydrogen-bond acceptors (Lipinski definition) is 3. The summed E-state index contributed by atoms with van der Waals surface area (Å²) in [7, 11) is 0. The molecule has 1 heterocycles. The molecule has 0 aromatic heterocycles. The van der Waals surface area contributed by atoms with E-state index in [9.17, 15) is 4.39 Å². The summed E-state index contributed by atoms with van der Waals surface area (Å²) >= 11 is 1.86. The van der Waals surface area contributed by atoms with E-state index >= 15 is 0 Å². The first-order valence-corrected chi connectivity index (χ1v) is 7.77. The van der Waals surface area contributed by atoms with E-state index in [2.05, 4.69) is 17.2 Å². The Labute approximate surface area is 118 Å². The minimum Gasteiger partial charge on any atom is -0.365 e. The lowest BCUT2D eigenvalue weighted by Gasteiger charge is -2.09. The van der Waals surface area contributed by atoms with Gasteiger partial charge >= 0.3 is 0 Å². The predicted molar refractivity (Wildman–Crippen MR) is 81.4 cm³/mol. The van der Waals surface area contributed by atoms with Crippen LogP contribution in [0.25, 0.3) is 0 Å². The highest BCUT2D eigenvalue weighted by atomic mass is 32.2. The van der Waals surface area contributed by atoms with Gasteiger partial charge in [-0.15, -0.1) is 0 Å². The monoisotopic (exact) mass is 280 g/mol. The number of nitrogens with zero attached hydrogens (tertiary/aromatic N) is 1. The van der Waals surface area contributed by atoms with Gasteiger partial charge in [0.15, 0.2) is 5.17 Å². The molecule has 1 aromatic rings. The third-order valence-corrected chi connectivity index (χ3v) is 4.52. The highest BCUT2D eigenvalue weighted by Crippen LogP contribution is 2.23. The number of nitrogens with one attached hydrogen (secondary N) is 1. The number of hydrogen-bond donors (Lipinski definition) is 1. The van der Waals surface area contributed by atoms with Gasteiger partial charge in [-0.3, -0.25) is 4.99 Å². The summed E-state index contributed by atoms with van der Waals surface area (Å²) in [6.07, 6.45) is 3.36. The van der Waals surface area contributed by atoms with Crippen LogP contribution in [0.3, 0.4) is 0 Å². The fourth-order valence-corrected chi connectivity index (χ4v) is 3.38. The molecule has 19 heavy (non-hydrogen) atoms. The number of amidine groups is 1. The van der Waals surface area contributed by atoms with E-state index in [1.54, 1.807) is 6.07 Å². The van der Waals surface area contributed by atoms with Crippen LogP contribution < -0.4 is 5.32 Å². The molecule has 0 saturated heterocycles. The molecule has 4 heteroatoms. The molecule has 1 aliphatic heterocycles. The summed E-state index contributed by atoms with van der Waals surface area (Å²) in [6.45, 7) is 5.97. The second kappa shape index (κ2) is 6.94. The topological polar surface area (TPSA) is 24.4 Å². The lowest BCUT2D eigenvalue weighted by atomic mass is 10.1. The predicted octanol–water partition coefficient (Wildman–Crippen LogP) is 3.54. The third kappa shape index (κ3) is 4.23. The van der Waals surface area contributed by atoms with Crippen molar-refractivity contribution in [3.63, 3.8) is 0 Å². The van der Waals surface area contributed by atoms with Crippen molar-refractivity contribution in [2.24, 2.45) is 4.99 Å². The molecule has 0 bridgehead atoms. The molecule has 0 aliphatic carbocycles. The maximum atomic E-state index is 13.0. The molecule has 1 N–H and O–H groups in total. The number of halogens is 1. The molecular formula is C15H21FN2S. The Hall–Kier alpha value is -1.03. The van der Waals surface area contributed by atoms with E-state index in [-0.39, 0.29) is 5.82 Å². The Morgan fingerprint density at radius 3 is 3.05 bits per heavy atom. The van der Waals surface area contributed by atoms with Crippen molar-refractivity contribution in [1.82, 2.24) is 5.32 Å². The standard InChI is InChI=1S/C15H21FN2S/c1-3-4-14-10-18-15(19-14)17-8-7-12-5-6-13(16)9-11(12)2/h5-6,9,14H,3-4,7-8,10H2,1-2H3,(H,17,18). The number of aryl methyl sites for hydroxylation is 1. The summed E-state index contributed by atoms with van der Waals surface area (Å²) in [6, 6.07) is 4.99. The number of aliphatic imine (C=N–C) groups is 1. The summed E-state index contributed by atoms with van der Waals surface area (Å²) in [5.74, 6) is -0.160. The maximum Gasteiger partial charge on any atom is 0.156 e. The van der Waals surface area contributed by atoms with Gasteiger partial charge in [0.25, 0.3) is 0 Å². The quantitative estimate of drug-likeness (QED) is 0.892. The lowest BCUT2D eigenvalue weighted by Crippen LogP contribution is -2.22. The Kier molecular flexibility index (Phi) is 5.25. The molecule has 2 nitrogen and oxygen atoms in total. The molecule has 0 spiro atoms. The lowest BCUT2D eigenvalue weighted by molar-refractivity contribution is 0.625. The zero-order valence-corrected chi connectivity index (χ0v) is 12.4. The summed E-state index contributed by atoms with van der Waals surface area (Å²) in [5.41, 5.74) is 2.22. The first-order chi connectivity index (χ1) is 9.19. The van der Waals surface area contributed by atoms with Crippen molar-refractivity contribution in [2.45, 2.75) is 38.4 Å². The van der Waals surface area contributed by atoms with E-state index < -0.39 is 0 Å². The Morgan fingerprint density at radius 2 is 2.32 bits per heavy atom. The van der Waals surface area contributed by atoms with Gasteiger partial charge in [-0.05, 0) is 43.0 Å². The van der Waals surface area contributed by atoms with Crippen molar-refractivity contribution in [2.75, 3.05) is 13.1 Å². The fourth-order valence-electron chi connectivity index (χ4n) is 2.23. The van der Waals surface area contributed by atoms with Gasteiger partial charge in [-0.1, -0.05) is 31.2 Å². The van der Waals surface area contributed by atoms with Gasteiger partial charge < -0.3 is 5.32 Å². The minimum absolute atomic E-state index is 0.160. The summed E-state index contributed by atoms with van der Waals surface area (Å²) < 4.78 is 13.0. The highest BCUT2D eigenvalue weighted by Gasteiger charge is 2.17. The van der Waals surface area contributed by atoms with Crippen LogP contribution >= 0.6 is 11.8 Å². The third-order valence-electron chi connectivity index (χ3n) is 3.30. The SMILES string of the molecule is CCCC1CN=C(NCCc2ccc(F)cc2C)S1. The number of rotatable bonds is 5. The van der Waals surface area contributed by atoms with Crippen LogP contribution in [0.15, 0.2) is 23.2 Å². The molecule has 0 fully saturated rings. The Bertz CT molecular complexity index is 459. The first-order valence-electron chi connectivity index (χ1n) is 6.89. The molecule has 1 aliphatic rings. The van der Waals surface area contributed by atoms with Gasteiger partial charge in [0.05, 0.1) is 6.54 Å². The minimum atomic E-state index is -0.160. The molecule has 1 atom stereocenters. The fraction of sp³-hybridized carbons (Fsp3) is 0.533. The zero-order valence-electron chi connectivity index (χ0n) is 11.6. The van der Waals surface area contributed by atoms with Crippen LogP contribution in [0.2, 0.25) is 0 Å².